The third-order valence-corrected chi connectivity index (χ3v) is 8.30. The maximum absolute atomic E-state index is 2.71. The molecule has 0 spiro atoms. The van der Waals surface area contributed by atoms with Gasteiger partial charge in [-0.05, 0) is 52.2 Å². The molecule has 0 atom stereocenters. The second kappa shape index (κ2) is 20.7. The van der Waals surface area contributed by atoms with Crippen LogP contribution >= 0.6 is 0 Å². The van der Waals surface area contributed by atoms with Gasteiger partial charge in [0.2, 0.25) is 0 Å². The summed E-state index contributed by atoms with van der Waals surface area (Å²) in [7, 11) is 0. The molecule has 0 fully saturated rings. The summed E-state index contributed by atoms with van der Waals surface area (Å²) in [4.78, 5) is 2.71. The number of nitrogens with zero attached hydrogens (tertiary/aromatic N) is 1. The highest BCUT2D eigenvalue weighted by molar-refractivity contribution is 5.48. The van der Waals surface area contributed by atoms with E-state index < -0.39 is 0 Å². The van der Waals surface area contributed by atoms with Gasteiger partial charge in [-0.3, -0.25) is 0 Å². The lowest BCUT2D eigenvalue weighted by molar-refractivity contribution is 0.0540. The van der Waals surface area contributed by atoms with Crippen molar-refractivity contribution in [3.8, 4) is 0 Å². The van der Waals surface area contributed by atoms with Crippen molar-refractivity contribution >= 4 is 6.08 Å². The molecule has 0 aliphatic carbocycles. The Morgan fingerprint density at radius 3 is 1.24 bits per heavy atom. The first-order chi connectivity index (χ1) is 17.8. The zero-order chi connectivity index (χ0) is 27.2. The molecule has 0 saturated heterocycles. The van der Waals surface area contributed by atoms with Crippen molar-refractivity contribution in [3.63, 3.8) is 0 Å². The van der Waals surface area contributed by atoms with E-state index in [0.717, 1.165) is 0 Å². The number of benzene rings is 1. The molecule has 1 heteroatoms. The Bertz CT molecular complexity index is 623. The van der Waals surface area contributed by atoms with Gasteiger partial charge >= 0.3 is 0 Å². The largest absolute Gasteiger partial charge is 0.367 e. The minimum atomic E-state index is 0.162. The highest BCUT2D eigenvalue weighted by Crippen LogP contribution is 2.34. The van der Waals surface area contributed by atoms with Crippen LogP contribution in [0.2, 0.25) is 0 Å². The standard InChI is InChI=1S/C36H65N/c1-7-9-11-13-15-17-19-21-26-31-35(3,4)37(33-30-34-28-24-23-25-29-34)36(5,6)32-27-22-20-18-16-14-12-10-8-2/h23-25,28-30,33H,7-22,26-27,31-32H2,1-6H3/b33-30+. The second-order valence-electron chi connectivity index (χ2n) is 12.9. The van der Waals surface area contributed by atoms with Crippen molar-refractivity contribution in [2.24, 2.45) is 0 Å². The summed E-state index contributed by atoms with van der Waals surface area (Å²) in [6.07, 6.45) is 32.5. The topological polar surface area (TPSA) is 3.24 Å². The third kappa shape index (κ3) is 16.4. The summed E-state index contributed by atoms with van der Waals surface area (Å²) in [6.45, 7) is 14.5. The Morgan fingerprint density at radius 2 is 0.865 bits per heavy atom. The van der Waals surface area contributed by atoms with Crippen molar-refractivity contribution in [2.75, 3.05) is 0 Å². The van der Waals surface area contributed by atoms with Crippen LogP contribution in [0.4, 0.5) is 0 Å². The van der Waals surface area contributed by atoms with Gasteiger partial charge in [0, 0.05) is 17.3 Å². The van der Waals surface area contributed by atoms with Crippen LogP contribution in [0.3, 0.4) is 0 Å². The van der Waals surface area contributed by atoms with E-state index >= 15 is 0 Å². The highest BCUT2D eigenvalue weighted by Gasteiger charge is 2.34. The molecule has 1 rings (SSSR count). The minimum Gasteiger partial charge on any atom is -0.367 e. The van der Waals surface area contributed by atoms with Crippen molar-refractivity contribution < 1.29 is 0 Å². The molecule has 0 aliphatic rings. The lowest BCUT2D eigenvalue weighted by Gasteiger charge is -2.49. The summed E-state index contributed by atoms with van der Waals surface area (Å²) >= 11 is 0. The van der Waals surface area contributed by atoms with Crippen LogP contribution in [0, 0.1) is 0 Å². The molecule has 0 aromatic heterocycles. The molecule has 0 unspecified atom stereocenters. The normalized spacial score (nSPS) is 12.5. The van der Waals surface area contributed by atoms with Gasteiger partial charge in [-0.15, -0.1) is 0 Å². The fraction of sp³-hybridized carbons (Fsp3) is 0.778. The van der Waals surface area contributed by atoms with E-state index in [1.54, 1.807) is 0 Å². The number of unbranched alkanes of at least 4 members (excludes halogenated alkanes) is 16. The highest BCUT2D eigenvalue weighted by atomic mass is 15.2. The van der Waals surface area contributed by atoms with E-state index in [1.807, 2.05) is 0 Å². The molecule has 0 heterocycles. The van der Waals surface area contributed by atoms with Crippen LogP contribution in [0.1, 0.15) is 176 Å². The maximum atomic E-state index is 2.71. The van der Waals surface area contributed by atoms with E-state index in [4.69, 9.17) is 0 Å². The van der Waals surface area contributed by atoms with Gasteiger partial charge in [0.25, 0.3) is 0 Å². The SMILES string of the molecule is CCCCCCCCCCCC(C)(C)N(/C=C/c1ccccc1)C(C)(C)CCCCCCCCCCC. The lowest BCUT2D eigenvalue weighted by atomic mass is 9.86. The Balaban J connectivity index is 2.59. The summed E-state index contributed by atoms with van der Waals surface area (Å²) in [5, 5.41) is 0. The van der Waals surface area contributed by atoms with Gasteiger partial charge in [-0.25, -0.2) is 0 Å². The third-order valence-electron chi connectivity index (χ3n) is 8.30. The van der Waals surface area contributed by atoms with Gasteiger partial charge in [-0.2, -0.15) is 0 Å². The first-order valence-corrected chi connectivity index (χ1v) is 16.4. The van der Waals surface area contributed by atoms with Crippen molar-refractivity contribution in [2.45, 2.75) is 181 Å². The van der Waals surface area contributed by atoms with Crippen molar-refractivity contribution in [1.29, 1.82) is 0 Å². The zero-order valence-corrected chi connectivity index (χ0v) is 26.1. The molecule has 1 aromatic rings. The van der Waals surface area contributed by atoms with Gasteiger partial charge < -0.3 is 4.90 Å². The Labute approximate surface area is 233 Å². The van der Waals surface area contributed by atoms with Gasteiger partial charge in [-0.1, -0.05) is 160 Å². The molecule has 0 N–H and O–H groups in total. The molecule has 1 nitrogen and oxygen atoms in total. The average Bonchev–Trinajstić information content (AvgIpc) is 2.87. The van der Waals surface area contributed by atoms with Crippen molar-refractivity contribution in [3.05, 3.63) is 42.1 Å². The molecular formula is C36H65N. The monoisotopic (exact) mass is 512 g/mol. The van der Waals surface area contributed by atoms with Gasteiger partial charge in [0.05, 0.1) is 0 Å². The maximum Gasteiger partial charge on any atom is 0.0346 e. The van der Waals surface area contributed by atoms with Crippen LogP contribution in [-0.4, -0.2) is 16.0 Å². The van der Waals surface area contributed by atoms with E-state index in [-0.39, 0.29) is 11.1 Å². The Kier molecular flexibility index (Phi) is 18.9. The van der Waals surface area contributed by atoms with E-state index in [9.17, 15) is 0 Å². The number of hydrogen-bond donors (Lipinski definition) is 0. The average molecular weight is 512 g/mol. The van der Waals surface area contributed by atoms with Crippen molar-refractivity contribution in [1.82, 2.24) is 4.90 Å². The first kappa shape index (κ1) is 33.8. The van der Waals surface area contributed by atoms with Crippen LogP contribution in [0.25, 0.3) is 6.08 Å². The van der Waals surface area contributed by atoms with E-state index in [0.29, 0.717) is 0 Å². The zero-order valence-electron chi connectivity index (χ0n) is 26.1. The molecular weight excluding hydrogens is 446 g/mol. The second-order valence-corrected chi connectivity index (χ2v) is 12.9. The molecule has 0 bridgehead atoms. The quantitative estimate of drug-likeness (QED) is 0.125. The van der Waals surface area contributed by atoms with E-state index in [2.05, 4.69) is 89.1 Å². The molecule has 0 amide bonds. The minimum absolute atomic E-state index is 0.162. The Hall–Kier alpha value is -1.24. The van der Waals surface area contributed by atoms with Gasteiger partial charge in [0.1, 0.15) is 0 Å². The molecule has 0 radical (unpaired) electrons. The predicted octanol–water partition coefficient (Wildman–Crippen LogP) is 12.4. The lowest BCUT2D eigenvalue weighted by Crippen LogP contribution is -2.52. The fourth-order valence-corrected chi connectivity index (χ4v) is 5.93. The summed E-state index contributed by atoms with van der Waals surface area (Å²) in [6, 6.07) is 10.8. The summed E-state index contributed by atoms with van der Waals surface area (Å²) in [5.41, 5.74) is 1.62. The first-order valence-electron chi connectivity index (χ1n) is 16.4. The fourth-order valence-electron chi connectivity index (χ4n) is 5.93. The van der Waals surface area contributed by atoms with Crippen LogP contribution in [-0.2, 0) is 0 Å². The predicted molar refractivity (Wildman–Crippen MR) is 169 cm³/mol. The van der Waals surface area contributed by atoms with Gasteiger partial charge in [0.15, 0.2) is 0 Å². The summed E-state index contributed by atoms with van der Waals surface area (Å²) in [5.74, 6) is 0. The summed E-state index contributed by atoms with van der Waals surface area (Å²) < 4.78 is 0. The molecule has 1 aromatic carbocycles. The Morgan fingerprint density at radius 1 is 0.514 bits per heavy atom. The van der Waals surface area contributed by atoms with Crippen LogP contribution in [0.5, 0.6) is 0 Å². The molecule has 214 valence electrons. The van der Waals surface area contributed by atoms with E-state index in [1.165, 1.54) is 134 Å². The smallest absolute Gasteiger partial charge is 0.0346 e. The van der Waals surface area contributed by atoms with Crippen LogP contribution in [0.15, 0.2) is 36.5 Å². The molecule has 0 aliphatic heterocycles. The number of hydrogen-bond acceptors (Lipinski definition) is 1. The van der Waals surface area contributed by atoms with Crippen LogP contribution < -0.4 is 0 Å². The molecule has 0 saturated carbocycles. The number of rotatable bonds is 24. The molecule has 37 heavy (non-hydrogen) atoms.